The number of nitrogens with two attached hydrogens (primary N) is 1. The number of hydrogen-bond donors (Lipinski definition) is 2. The van der Waals surface area contributed by atoms with Crippen LogP contribution in [0, 0.1) is 0 Å². The number of rotatable bonds is 5. The molecule has 2 saturated carbocycles. The first-order valence-corrected chi connectivity index (χ1v) is 8.21. The van der Waals surface area contributed by atoms with Crippen LogP contribution in [0.5, 0.6) is 0 Å². The molecule has 1 aromatic rings. The fourth-order valence-electron chi connectivity index (χ4n) is 2.96. The Kier molecular flexibility index (Phi) is 3.98. The second kappa shape index (κ2) is 5.74. The Morgan fingerprint density at radius 2 is 2.25 bits per heavy atom. The first-order valence-electron chi connectivity index (χ1n) is 7.33. The fraction of sp³-hybridized carbons (Fsp3) is 0.600. The lowest BCUT2D eigenvalue weighted by Gasteiger charge is -2.39. The van der Waals surface area contributed by atoms with Crippen LogP contribution >= 0.6 is 11.8 Å². The SMILES string of the molecule is NC(=O)C1(NC2CC2)CCCC(Sc2ccccn2)C1. The Morgan fingerprint density at radius 3 is 2.90 bits per heavy atom. The van der Waals surface area contributed by atoms with Crippen molar-refractivity contribution in [1.29, 1.82) is 0 Å². The van der Waals surface area contributed by atoms with Gasteiger partial charge in [-0.2, -0.15) is 0 Å². The van der Waals surface area contributed by atoms with Crippen LogP contribution in [0.4, 0.5) is 0 Å². The molecule has 2 unspecified atom stereocenters. The minimum absolute atomic E-state index is 0.185. The van der Waals surface area contributed by atoms with Gasteiger partial charge >= 0.3 is 0 Å². The van der Waals surface area contributed by atoms with E-state index in [4.69, 9.17) is 5.73 Å². The van der Waals surface area contributed by atoms with Crippen LogP contribution < -0.4 is 11.1 Å². The summed E-state index contributed by atoms with van der Waals surface area (Å²) in [4.78, 5) is 16.3. The van der Waals surface area contributed by atoms with Gasteiger partial charge in [0.25, 0.3) is 0 Å². The molecular weight excluding hydrogens is 270 g/mol. The summed E-state index contributed by atoms with van der Waals surface area (Å²) >= 11 is 1.77. The Hall–Kier alpha value is -1.07. The molecule has 2 atom stereocenters. The minimum atomic E-state index is -0.494. The highest BCUT2D eigenvalue weighted by Gasteiger charge is 2.44. The number of nitrogens with one attached hydrogen (secondary N) is 1. The Bertz CT molecular complexity index is 477. The lowest BCUT2D eigenvalue weighted by Crippen LogP contribution is -2.59. The highest BCUT2D eigenvalue weighted by atomic mass is 32.2. The van der Waals surface area contributed by atoms with Gasteiger partial charge in [-0.3, -0.25) is 4.79 Å². The van der Waals surface area contributed by atoms with E-state index in [1.165, 1.54) is 12.8 Å². The third-order valence-electron chi connectivity index (χ3n) is 4.16. The molecule has 4 nitrogen and oxygen atoms in total. The number of thioether (sulfide) groups is 1. The van der Waals surface area contributed by atoms with Gasteiger partial charge < -0.3 is 11.1 Å². The molecule has 0 spiro atoms. The van der Waals surface area contributed by atoms with Gasteiger partial charge in [0.05, 0.1) is 10.6 Å². The summed E-state index contributed by atoms with van der Waals surface area (Å²) in [6, 6.07) is 6.45. The van der Waals surface area contributed by atoms with E-state index in [9.17, 15) is 4.79 Å². The third kappa shape index (κ3) is 3.15. The predicted molar refractivity (Wildman–Crippen MR) is 80.4 cm³/mol. The molecule has 0 radical (unpaired) electrons. The maximum absolute atomic E-state index is 12.0. The van der Waals surface area contributed by atoms with Crippen molar-refractivity contribution in [3.05, 3.63) is 24.4 Å². The average molecular weight is 291 g/mol. The molecule has 0 saturated heterocycles. The molecule has 0 aliphatic heterocycles. The zero-order valence-electron chi connectivity index (χ0n) is 11.5. The molecular formula is C15H21N3OS. The molecule has 1 amide bonds. The minimum Gasteiger partial charge on any atom is -0.368 e. The van der Waals surface area contributed by atoms with E-state index < -0.39 is 5.54 Å². The third-order valence-corrected chi connectivity index (χ3v) is 5.38. The summed E-state index contributed by atoms with van der Waals surface area (Å²) in [5, 5.41) is 4.96. The van der Waals surface area contributed by atoms with Gasteiger partial charge in [-0.25, -0.2) is 4.98 Å². The molecule has 1 heterocycles. The van der Waals surface area contributed by atoms with Crippen molar-refractivity contribution in [3.63, 3.8) is 0 Å². The molecule has 2 aliphatic rings. The Balaban J connectivity index is 1.69. The van der Waals surface area contributed by atoms with Gasteiger partial charge in [-0.15, -0.1) is 11.8 Å². The van der Waals surface area contributed by atoms with E-state index in [-0.39, 0.29) is 5.91 Å². The van der Waals surface area contributed by atoms with Crippen LogP contribution in [0.3, 0.4) is 0 Å². The van der Waals surface area contributed by atoms with Crippen molar-refractivity contribution in [2.24, 2.45) is 5.73 Å². The van der Waals surface area contributed by atoms with Crippen molar-refractivity contribution in [2.75, 3.05) is 0 Å². The van der Waals surface area contributed by atoms with Crippen molar-refractivity contribution in [3.8, 4) is 0 Å². The summed E-state index contributed by atoms with van der Waals surface area (Å²) in [7, 11) is 0. The smallest absolute Gasteiger partial charge is 0.237 e. The lowest BCUT2D eigenvalue weighted by molar-refractivity contribution is -0.125. The van der Waals surface area contributed by atoms with Gasteiger partial charge in [0.1, 0.15) is 0 Å². The molecule has 2 aliphatic carbocycles. The molecule has 0 aromatic carbocycles. The topological polar surface area (TPSA) is 68.0 Å². The summed E-state index contributed by atoms with van der Waals surface area (Å²) in [6.45, 7) is 0. The van der Waals surface area contributed by atoms with Gasteiger partial charge in [-0.1, -0.05) is 6.07 Å². The van der Waals surface area contributed by atoms with E-state index >= 15 is 0 Å². The Labute approximate surface area is 123 Å². The summed E-state index contributed by atoms with van der Waals surface area (Å²) < 4.78 is 0. The predicted octanol–water partition coefficient (Wildman–Crippen LogP) is 2.09. The van der Waals surface area contributed by atoms with Crippen molar-refractivity contribution in [1.82, 2.24) is 10.3 Å². The number of carbonyl (C=O) groups is 1. The number of nitrogens with zero attached hydrogens (tertiary/aromatic N) is 1. The number of hydrogen-bond acceptors (Lipinski definition) is 4. The van der Waals surface area contributed by atoms with Gasteiger partial charge in [0, 0.05) is 17.5 Å². The molecule has 3 rings (SSSR count). The van der Waals surface area contributed by atoms with Crippen molar-refractivity contribution in [2.45, 2.75) is 60.4 Å². The van der Waals surface area contributed by atoms with Crippen LogP contribution in [0.25, 0.3) is 0 Å². The molecule has 1 aromatic heterocycles. The molecule has 2 fully saturated rings. The number of primary amides is 1. The second-order valence-corrected chi connectivity index (χ2v) is 7.19. The monoisotopic (exact) mass is 291 g/mol. The van der Waals surface area contributed by atoms with Crippen LogP contribution in [-0.4, -0.2) is 27.7 Å². The largest absolute Gasteiger partial charge is 0.368 e. The maximum atomic E-state index is 12.0. The average Bonchev–Trinajstić information content (AvgIpc) is 3.24. The van der Waals surface area contributed by atoms with Crippen molar-refractivity contribution < 1.29 is 4.79 Å². The quantitative estimate of drug-likeness (QED) is 0.871. The molecule has 108 valence electrons. The molecule has 5 heteroatoms. The highest BCUT2D eigenvalue weighted by molar-refractivity contribution is 7.99. The Morgan fingerprint density at radius 1 is 1.40 bits per heavy atom. The van der Waals surface area contributed by atoms with Crippen LogP contribution in [0.15, 0.2) is 29.4 Å². The van der Waals surface area contributed by atoms with Gasteiger partial charge in [-0.05, 0) is 50.7 Å². The molecule has 0 bridgehead atoms. The number of aromatic nitrogens is 1. The molecule has 3 N–H and O–H groups in total. The fourth-order valence-corrected chi connectivity index (χ4v) is 4.23. The highest BCUT2D eigenvalue weighted by Crippen LogP contribution is 2.39. The van der Waals surface area contributed by atoms with Gasteiger partial charge in [0.15, 0.2) is 0 Å². The standard InChI is InChI=1S/C15H21N3OS/c16-14(19)15(18-11-6-7-11)8-3-4-12(10-15)20-13-5-1-2-9-17-13/h1-2,5,9,11-12,18H,3-4,6-8,10H2,(H2,16,19). The van der Waals surface area contributed by atoms with E-state index in [2.05, 4.69) is 10.3 Å². The van der Waals surface area contributed by atoms with E-state index in [1.54, 1.807) is 11.8 Å². The maximum Gasteiger partial charge on any atom is 0.237 e. The second-order valence-electron chi connectivity index (χ2n) is 5.87. The lowest BCUT2D eigenvalue weighted by atomic mass is 9.80. The van der Waals surface area contributed by atoms with Crippen molar-refractivity contribution >= 4 is 17.7 Å². The zero-order chi connectivity index (χ0) is 14.0. The van der Waals surface area contributed by atoms with Gasteiger partial charge in [0.2, 0.25) is 5.91 Å². The van der Waals surface area contributed by atoms with Crippen LogP contribution in [0.2, 0.25) is 0 Å². The number of pyridine rings is 1. The normalized spacial score (nSPS) is 30.1. The summed E-state index contributed by atoms with van der Waals surface area (Å²) in [5.74, 6) is -0.185. The van der Waals surface area contributed by atoms with E-state index in [0.29, 0.717) is 11.3 Å². The number of amides is 1. The van der Waals surface area contributed by atoms with Crippen LogP contribution in [0.1, 0.15) is 38.5 Å². The van der Waals surface area contributed by atoms with E-state index in [0.717, 1.165) is 30.7 Å². The van der Waals surface area contributed by atoms with Crippen LogP contribution in [-0.2, 0) is 4.79 Å². The first-order chi connectivity index (χ1) is 9.68. The number of carbonyl (C=O) groups excluding carboxylic acids is 1. The van der Waals surface area contributed by atoms with E-state index in [1.807, 2.05) is 24.4 Å². The summed E-state index contributed by atoms with van der Waals surface area (Å²) in [5.41, 5.74) is 5.21. The zero-order valence-corrected chi connectivity index (χ0v) is 12.4. The first kappa shape index (κ1) is 13.9. The molecule has 20 heavy (non-hydrogen) atoms. The summed E-state index contributed by atoms with van der Waals surface area (Å²) in [6.07, 6.45) is 8.03.